The molecule has 1 aromatic carbocycles. The van der Waals surface area contributed by atoms with E-state index in [1.54, 1.807) is 19.1 Å². The number of benzene rings is 1. The monoisotopic (exact) mass is 409 g/mol. The number of nitrogens with zero attached hydrogens (tertiary/aromatic N) is 1. The Hall–Kier alpha value is -3.12. The number of nitrogens with one attached hydrogen (secondary N) is 2. The van der Waals surface area contributed by atoms with Gasteiger partial charge in [0.1, 0.15) is 5.57 Å². The fourth-order valence-corrected chi connectivity index (χ4v) is 3.87. The van der Waals surface area contributed by atoms with Crippen molar-refractivity contribution < 1.29 is 14.3 Å². The van der Waals surface area contributed by atoms with Crippen molar-refractivity contribution in [3.63, 3.8) is 0 Å². The van der Waals surface area contributed by atoms with Gasteiger partial charge in [-0.2, -0.15) is 0 Å². The Bertz CT molecular complexity index is 1110. The summed E-state index contributed by atoms with van der Waals surface area (Å²) in [5, 5.41) is 4.84. The van der Waals surface area contributed by atoms with E-state index in [-0.39, 0.29) is 18.1 Å². The third kappa shape index (κ3) is 3.63. The van der Waals surface area contributed by atoms with E-state index >= 15 is 0 Å². The second-order valence-electron chi connectivity index (χ2n) is 6.72. The first kappa shape index (κ1) is 19.2. The van der Waals surface area contributed by atoms with Crippen LogP contribution < -0.4 is 5.32 Å². The van der Waals surface area contributed by atoms with E-state index in [4.69, 9.17) is 16.3 Å². The highest BCUT2D eigenvalue weighted by Crippen LogP contribution is 2.31. The predicted molar refractivity (Wildman–Crippen MR) is 113 cm³/mol. The summed E-state index contributed by atoms with van der Waals surface area (Å²) in [6.45, 7) is 2.41. The van der Waals surface area contributed by atoms with Crippen molar-refractivity contribution in [2.24, 2.45) is 10.9 Å². The first-order chi connectivity index (χ1) is 14.1. The van der Waals surface area contributed by atoms with Crippen LogP contribution in [0.25, 0.3) is 10.9 Å². The molecule has 0 bridgehead atoms. The molecule has 1 atom stereocenters. The first-order valence-electron chi connectivity index (χ1n) is 9.47. The Labute approximate surface area is 173 Å². The summed E-state index contributed by atoms with van der Waals surface area (Å²) in [6.07, 6.45) is 8.04. The van der Waals surface area contributed by atoms with Gasteiger partial charge in [-0.15, -0.1) is 0 Å². The molecule has 2 N–H and O–H groups in total. The van der Waals surface area contributed by atoms with Crippen molar-refractivity contribution in [3.05, 3.63) is 70.6 Å². The van der Waals surface area contributed by atoms with Gasteiger partial charge in [0.2, 0.25) is 0 Å². The average molecular weight is 410 g/mol. The number of amides is 1. The number of dihydropyridines is 1. The van der Waals surface area contributed by atoms with Gasteiger partial charge in [0.25, 0.3) is 5.91 Å². The topological polar surface area (TPSA) is 83.5 Å². The second kappa shape index (κ2) is 8.09. The Morgan fingerprint density at radius 3 is 3.00 bits per heavy atom. The van der Waals surface area contributed by atoms with Crippen LogP contribution in [0.15, 0.2) is 70.0 Å². The van der Waals surface area contributed by atoms with E-state index in [9.17, 15) is 9.59 Å². The maximum absolute atomic E-state index is 12.6. The normalized spacial score (nSPS) is 18.4. The molecule has 1 aromatic heterocycles. The molecule has 1 unspecified atom stereocenters. The van der Waals surface area contributed by atoms with Gasteiger partial charge in [0.15, 0.2) is 0 Å². The van der Waals surface area contributed by atoms with E-state index in [2.05, 4.69) is 21.4 Å². The van der Waals surface area contributed by atoms with Crippen LogP contribution in [0.3, 0.4) is 0 Å². The van der Waals surface area contributed by atoms with E-state index < -0.39 is 11.9 Å². The summed E-state index contributed by atoms with van der Waals surface area (Å²) in [4.78, 5) is 32.3. The summed E-state index contributed by atoms with van der Waals surface area (Å²) < 4.78 is 5.09. The molecule has 2 aromatic rings. The van der Waals surface area contributed by atoms with Crippen molar-refractivity contribution >= 4 is 40.1 Å². The highest BCUT2D eigenvalue weighted by molar-refractivity contribution is 6.46. The van der Waals surface area contributed by atoms with E-state index in [0.717, 1.165) is 16.5 Å². The van der Waals surface area contributed by atoms with Gasteiger partial charge in [0.05, 0.1) is 23.3 Å². The summed E-state index contributed by atoms with van der Waals surface area (Å²) in [6, 6.07) is 8.07. The quantitative estimate of drug-likeness (QED) is 0.565. The van der Waals surface area contributed by atoms with Gasteiger partial charge in [-0.1, -0.05) is 42.0 Å². The maximum atomic E-state index is 12.6. The molecule has 4 rings (SSSR count). The number of aromatic amines is 1. The van der Waals surface area contributed by atoms with Gasteiger partial charge in [0, 0.05) is 29.3 Å². The fraction of sp³-hybridized carbons (Fsp3) is 0.227. The zero-order valence-corrected chi connectivity index (χ0v) is 16.6. The third-order valence-electron chi connectivity index (χ3n) is 4.97. The minimum Gasteiger partial charge on any atom is -0.462 e. The van der Waals surface area contributed by atoms with Gasteiger partial charge < -0.3 is 15.0 Å². The van der Waals surface area contributed by atoms with Crippen LogP contribution >= 0.6 is 11.6 Å². The molecular formula is C22H20ClN3O3. The van der Waals surface area contributed by atoms with Crippen molar-refractivity contribution in [2.45, 2.75) is 13.3 Å². The van der Waals surface area contributed by atoms with Crippen LogP contribution in [-0.2, 0) is 20.7 Å². The van der Waals surface area contributed by atoms with Gasteiger partial charge in [-0.3, -0.25) is 4.79 Å². The largest absolute Gasteiger partial charge is 0.462 e. The van der Waals surface area contributed by atoms with Crippen LogP contribution in [0, 0.1) is 5.92 Å². The number of esters is 1. The predicted octanol–water partition coefficient (Wildman–Crippen LogP) is 3.41. The average Bonchev–Trinajstić information content (AvgIpc) is 3.12. The van der Waals surface area contributed by atoms with Gasteiger partial charge in [-0.05, 0) is 31.1 Å². The number of ether oxygens (including phenoxy) is 1. The van der Waals surface area contributed by atoms with Crippen LogP contribution in [0.1, 0.15) is 12.5 Å². The molecule has 1 aliphatic carbocycles. The molecule has 1 aliphatic heterocycles. The minimum atomic E-state index is -0.672. The zero-order valence-electron chi connectivity index (χ0n) is 15.9. The molecular weight excluding hydrogens is 390 g/mol. The van der Waals surface area contributed by atoms with Gasteiger partial charge in [-0.25, -0.2) is 9.79 Å². The van der Waals surface area contributed by atoms with Crippen molar-refractivity contribution in [2.75, 3.05) is 13.2 Å². The number of allylic oxidation sites excluding steroid dienone is 4. The van der Waals surface area contributed by atoms with Crippen molar-refractivity contribution in [3.8, 4) is 0 Å². The maximum Gasteiger partial charge on any atom is 0.345 e. The SMILES string of the molecule is CCOC(=O)C1=C(NCCc2c[nH]c3ccccc23)C2C=CC=C(Cl)C2=NC1=O. The highest BCUT2D eigenvalue weighted by Gasteiger charge is 2.36. The number of hydrogen-bond donors (Lipinski definition) is 2. The summed E-state index contributed by atoms with van der Waals surface area (Å²) in [7, 11) is 0. The number of H-pyrrole nitrogens is 1. The Kier molecular flexibility index (Phi) is 5.36. The summed E-state index contributed by atoms with van der Waals surface area (Å²) in [5.41, 5.74) is 3.10. The van der Waals surface area contributed by atoms with Crippen LogP contribution in [0.4, 0.5) is 0 Å². The first-order valence-corrected chi connectivity index (χ1v) is 9.85. The van der Waals surface area contributed by atoms with Crippen molar-refractivity contribution in [1.29, 1.82) is 0 Å². The smallest absolute Gasteiger partial charge is 0.345 e. The Morgan fingerprint density at radius 1 is 1.34 bits per heavy atom. The molecule has 148 valence electrons. The molecule has 7 heteroatoms. The third-order valence-corrected chi connectivity index (χ3v) is 5.29. The van der Waals surface area contributed by atoms with Crippen LogP contribution in [0.2, 0.25) is 0 Å². The Morgan fingerprint density at radius 2 is 2.17 bits per heavy atom. The molecule has 2 aliphatic rings. The fourth-order valence-electron chi connectivity index (χ4n) is 3.64. The lowest BCUT2D eigenvalue weighted by atomic mass is 9.88. The number of carbonyl (C=O) groups is 2. The lowest BCUT2D eigenvalue weighted by Crippen LogP contribution is -2.37. The molecule has 6 nitrogen and oxygen atoms in total. The molecule has 1 amide bonds. The van der Waals surface area contributed by atoms with Crippen molar-refractivity contribution in [1.82, 2.24) is 10.3 Å². The lowest BCUT2D eigenvalue weighted by molar-refractivity contribution is -0.140. The number of aromatic nitrogens is 1. The number of carbonyl (C=O) groups excluding carboxylic acids is 2. The minimum absolute atomic E-state index is 0.0597. The van der Waals surface area contributed by atoms with E-state index in [1.165, 1.54) is 0 Å². The molecule has 0 spiro atoms. The second-order valence-corrected chi connectivity index (χ2v) is 7.13. The number of rotatable bonds is 6. The number of halogens is 1. The van der Waals surface area contributed by atoms with E-state index in [0.29, 0.717) is 29.4 Å². The van der Waals surface area contributed by atoms with Crippen LogP contribution in [-0.4, -0.2) is 35.7 Å². The number of aliphatic imine (C=N–C) groups is 1. The van der Waals surface area contributed by atoms with E-state index in [1.807, 2.05) is 30.5 Å². The standard InChI is InChI=1S/C22H20ClN3O3/c1-2-29-22(28)18-20(15-7-5-8-16(23)19(15)26-21(18)27)24-11-10-13-12-25-17-9-4-3-6-14(13)17/h3-9,12,15,24-25H,2,10-11H2,1H3. The summed E-state index contributed by atoms with van der Waals surface area (Å²) >= 11 is 6.25. The lowest BCUT2D eigenvalue weighted by Gasteiger charge is -2.27. The zero-order chi connectivity index (χ0) is 20.4. The Balaban J connectivity index is 1.61. The molecule has 0 saturated heterocycles. The van der Waals surface area contributed by atoms with Crippen LogP contribution in [0.5, 0.6) is 0 Å². The molecule has 29 heavy (non-hydrogen) atoms. The number of para-hydroxylation sites is 1. The molecule has 0 fully saturated rings. The highest BCUT2D eigenvalue weighted by atomic mass is 35.5. The molecule has 2 heterocycles. The number of fused-ring (bicyclic) bond motifs is 2. The molecule has 0 saturated carbocycles. The summed E-state index contributed by atoms with van der Waals surface area (Å²) in [5.74, 6) is -1.69. The molecule has 0 radical (unpaired) electrons. The number of hydrogen-bond acceptors (Lipinski definition) is 4. The van der Waals surface area contributed by atoms with Gasteiger partial charge >= 0.3 is 5.97 Å².